The summed E-state index contributed by atoms with van der Waals surface area (Å²) in [7, 11) is 0. The summed E-state index contributed by atoms with van der Waals surface area (Å²) in [5.74, 6) is 0. The maximum Gasteiger partial charge on any atom is 0.110 e. The van der Waals surface area contributed by atoms with Gasteiger partial charge in [-0.05, 0) is 41.9 Å². The van der Waals surface area contributed by atoms with Crippen LogP contribution in [0.25, 0.3) is 10.6 Å². The van der Waals surface area contributed by atoms with Crippen LogP contribution in [0.5, 0.6) is 0 Å². The average molecular weight is 303 g/mol. The highest BCUT2D eigenvalue weighted by Crippen LogP contribution is 2.35. The minimum Gasteiger partial charge on any atom is -0.322 e. The molecular formula is C10H11BrN2S2. The van der Waals surface area contributed by atoms with E-state index in [1.807, 2.05) is 13.0 Å². The number of hydrogen-bond acceptors (Lipinski definition) is 4. The molecule has 15 heavy (non-hydrogen) atoms. The first-order valence-electron chi connectivity index (χ1n) is 4.56. The zero-order valence-corrected chi connectivity index (χ0v) is 11.7. The van der Waals surface area contributed by atoms with Crippen molar-refractivity contribution >= 4 is 38.6 Å². The average Bonchev–Trinajstić information content (AvgIpc) is 2.71. The topological polar surface area (TPSA) is 38.9 Å². The van der Waals surface area contributed by atoms with E-state index in [0.717, 1.165) is 14.5 Å². The molecule has 0 amide bonds. The number of aromatic nitrogens is 1. The van der Waals surface area contributed by atoms with Gasteiger partial charge in [-0.25, -0.2) is 4.98 Å². The Balaban J connectivity index is 2.44. The van der Waals surface area contributed by atoms with E-state index in [2.05, 4.69) is 33.9 Å². The van der Waals surface area contributed by atoms with Crippen molar-refractivity contribution in [2.75, 3.05) is 0 Å². The Morgan fingerprint density at radius 3 is 2.60 bits per heavy atom. The van der Waals surface area contributed by atoms with Crippen molar-refractivity contribution < 1.29 is 0 Å². The third kappa shape index (κ3) is 2.30. The van der Waals surface area contributed by atoms with Crippen molar-refractivity contribution in [1.82, 2.24) is 4.98 Å². The Kier molecular flexibility index (Phi) is 3.25. The number of nitrogens with zero attached hydrogens (tertiary/aromatic N) is 1. The molecule has 0 saturated heterocycles. The highest BCUT2D eigenvalue weighted by molar-refractivity contribution is 9.11. The molecule has 0 fully saturated rings. The lowest BCUT2D eigenvalue weighted by Gasteiger charge is -1.96. The van der Waals surface area contributed by atoms with Crippen LogP contribution >= 0.6 is 38.6 Å². The minimum atomic E-state index is 0.0193. The van der Waals surface area contributed by atoms with Crippen molar-refractivity contribution in [3.63, 3.8) is 0 Å². The predicted octanol–water partition coefficient (Wildman–Crippen LogP) is 3.96. The molecule has 0 radical (unpaired) electrons. The highest BCUT2D eigenvalue weighted by Gasteiger charge is 2.13. The summed E-state index contributed by atoms with van der Waals surface area (Å²) in [5.41, 5.74) is 6.89. The fourth-order valence-electron chi connectivity index (χ4n) is 1.28. The van der Waals surface area contributed by atoms with Crippen LogP contribution in [0.2, 0.25) is 0 Å². The Morgan fingerprint density at radius 1 is 1.40 bits per heavy atom. The van der Waals surface area contributed by atoms with Gasteiger partial charge in [0.15, 0.2) is 0 Å². The molecule has 0 aliphatic carbocycles. The normalized spacial score (nSPS) is 13.1. The summed E-state index contributed by atoms with van der Waals surface area (Å²) < 4.78 is 1.13. The lowest BCUT2D eigenvalue weighted by Crippen LogP contribution is -2.03. The van der Waals surface area contributed by atoms with E-state index >= 15 is 0 Å². The molecule has 2 aromatic rings. The van der Waals surface area contributed by atoms with Crippen molar-refractivity contribution in [3.8, 4) is 10.6 Å². The quantitative estimate of drug-likeness (QED) is 0.912. The van der Waals surface area contributed by atoms with Gasteiger partial charge in [-0.1, -0.05) is 0 Å². The first kappa shape index (κ1) is 11.3. The van der Waals surface area contributed by atoms with E-state index in [0.29, 0.717) is 0 Å². The van der Waals surface area contributed by atoms with E-state index in [9.17, 15) is 0 Å². The van der Waals surface area contributed by atoms with Gasteiger partial charge < -0.3 is 5.73 Å². The van der Waals surface area contributed by atoms with Crippen LogP contribution in [0.4, 0.5) is 0 Å². The van der Waals surface area contributed by atoms with E-state index in [-0.39, 0.29) is 6.04 Å². The molecule has 1 atom stereocenters. The van der Waals surface area contributed by atoms with Gasteiger partial charge in [-0.15, -0.1) is 22.7 Å². The van der Waals surface area contributed by atoms with Gasteiger partial charge >= 0.3 is 0 Å². The molecule has 0 aliphatic heterocycles. The smallest absolute Gasteiger partial charge is 0.110 e. The predicted molar refractivity (Wildman–Crippen MR) is 70.5 cm³/mol. The summed E-state index contributed by atoms with van der Waals surface area (Å²) in [6.07, 6.45) is 0. The highest BCUT2D eigenvalue weighted by atomic mass is 79.9. The van der Waals surface area contributed by atoms with Crippen molar-refractivity contribution in [1.29, 1.82) is 0 Å². The number of hydrogen-bond donors (Lipinski definition) is 1. The first-order chi connectivity index (χ1) is 7.08. The third-order valence-corrected chi connectivity index (χ3v) is 4.81. The van der Waals surface area contributed by atoms with Crippen LogP contribution in [0.15, 0.2) is 15.9 Å². The van der Waals surface area contributed by atoms with Gasteiger partial charge in [0.25, 0.3) is 0 Å². The molecule has 2 rings (SSSR count). The van der Waals surface area contributed by atoms with Crippen LogP contribution in [0, 0.1) is 6.92 Å². The molecule has 0 aliphatic rings. The van der Waals surface area contributed by atoms with Gasteiger partial charge in [-0.3, -0.25) is 0 Å². The Hall–Kier alpha value is -0.230. The summed E-state index contributed by atoms with van der Waals surface area (Å²) in [4.78, 5) is 7.01. The zero-order chi connectivity index (χ0) is 11.0. The number of nitrogens with two attached hydrogens (primary N) is 1. The molecule has 0 aromatic carbocycles. The fourth-order valence-corrected chi connectivity index (χ4v) is 3.67. The van der Waals surface area contributed by atoms with Crippen molar-refractivity contribution in [3.05, 3.63) is 25.8 Å². The van der Waals surface area contributed by atoms with Gasteiger partial charge in [0.1, 0.15) is 5.01 Å². The molecule has 0 spiro atoms. The molecule has 2 heterocycles. The van der Waals surface area contributed by atoms with Gasteiger partial charge in [0, 0.05) is 4.88 Å². The number of thiophene rings is 1. The largest absolute Gasteiger partial charge is 0.322 e. The molecule has 5 heteroatoms. The second-order valence-electron chi connectivity index (χ2n) is 3.35. The van der Waals surface area contributed by atoms with Gasteiger partial charge in [0.2, 0.25) is 0 Å². The Morgan fingerprint density at radius 2 is 2.13 bits per heavy atom. The molecular weight excluding hydrogens is 292 g/mol. The summed E-state index contributed by atoms with van der Waals surface area (Å²) in [6.45, 7) is 4.05. The molecule has 0 bridgehead atoms. The molecule has 80 valence electrons. The van der Waals surface area contributed by atoms with Crippen LogP contribution in [-0.4, -0.2) is 4.98 Å². The Labute approximate surface area is 105 Å². The van der Waals surface area contributed by atoms with Crippen LogP contribution in [-0.2, 0) is 0 Å². The van der Waals surface area contributed by atoms with E-state index in [1.165, 1.54) is 9.75 Å². The van der Waals surface area contributed by atoms with E-state index in [1.54, 1.807) is 22.7 Å². The summed E-state index contributed by atoms with van der Waals surface area (Å²) in [5, 5.41) is 1.01. The minimum absolute atomic E-state index is 0.0193. The van der Waals surface area contributed by atoms with Gasteiger partial charge in [-0.2, -0.15) is 0 Å². The SMILES string of the molecule is Cc1sc(C(C)N)nc1-c1ccc(Br)s1. The summed E-state index contributed by atoms with van der Waals surface area (Å²) in [6, 6.07) is 4.15. The van der Waals surface area contributed by atoms with Crippen LogP contribution in [0.1, 0.15) is 22.9 Å². The van der Waals surface area contributed by atoms with E-state index < -0.39 is 0 Å². The molecule has 2 nitrogen and oxygen atoms in total. The maximum absolute atomic E-state index is 5.82. The number of aryl methyl sites for hydroxylation is 1. The lowest BCUT2D eigenvalue weighted by molar-refractivity contribution is 0.808. The number of thiazole rings is 1. The monoisotopic (exact) mass is 302 g/mol. The number of rotatable bonds is 2. The van der Waals surface area contributed by atoms with Crippen molar-refractivity contribution in [2.24, 2.45) is 5.73 Å². The molecule has 2 N–H and O–H groups in total. The van der Waals surface area contributed by atoms with E-state index in [4.69, 9.17) is 5.73 Å². The van der Waals surface area contributed by atoms with Crippen molar-refractivity contribution in [2.45, 2.75) is 19.9 Å². The summed E-state index contributed by atoms with van der Waals surface area (Å²) >= 11 is 6.84. The van der Waals surface area contributed by atoms with Crippen LogP contribution < -0.4 is 5.73 Å². The molecule has 2 aromatic heterocycles. The third-order valence-electron chi connectivity index (χ3n) is 2.01. The fraction of sp³-hybridized carbons (Fsp3) is 0.300. The molecule has 0 saturated carbocycles. The van der Waals surface area contributed by atoms with Gasteiger partial charge in [0.05, 0.1) is 20.4 Å². The second kappa shape index (κ2) is 4.33. The first-order valence-corrected chi connectivity index (χ1v) is 6.99. The standard InChI is InChI=1S/C10H11BrN2S2/c1-5(12)10-13-9(6(2)14-10)7-3-4-8(11)15-7/h3-5H,12H2,1-2H3. The maximum atomic E-state index is 5.82. The molecule has 1 unspecified atom stereocenters. The zero-order valence-electron chi connectivity index (χ0n) is 8.45. The Bertz CT molecular complexity index is 473. The second-order valence-corrected chi connectivity index (χ2v) is 7.05. The van der Waals surface area contributed by atoms with Crippen LogP contribution in [0.3, 0.4) is 0 Å². The lowest BCUT2D eigenvalue weighted by atomic mass is 10.3. The number of halogens is 1.